The first kappa shape index (κ1) is 22.4. The average molecular weight is 397 g/mol. The summed E-state index contributed by atoms with van der Waals surface area (Å²) in [5.41, 5.74) is 2.84. The van der Waals surface area contributed by atoms with Gasteiger partial charge >= 0.3 is 0 Å². The number of imidazole rings is 1. The molecule has 3 rings (SSSR count). The Morgan fingerprint density at radius 2 is 2.07 bits per heavy atom. The van der Waals surface area contributed by atoms with E-state index in [1.165, 1.54) is 5.56 Å². The van der Waals surface area contributed by atoms with E-state index in [2.05, 4.69) is 29.5 Å². The number of ether oxygens (including phenoxy) is 2. The molecule has 6 nitrogen and oxygen atoms in total. The molecule has 1 fully saturated rings. The van der Waals surface area contributed by atoms with Gasteiger partial charge in [-0.25, -0.2) is 9.98 Å². The van der Waals surface area contributed by atoms with Crippen LogP contribution in [0.15, 0.2) is 60.5 Å². The Labute approximate surface area is 174 Å². The first-order chi connectivity index (χ1) is 14.0. The van der Waals surface area contributed by atoms with Crippen molar-refractivity contribution in [1.82, 2.24) is 14.9 Å². The molecule has 0 unspecified atom stereocenters. The van der Waals surface area contributed by atoms with Gasteiger partial charge in [0.05, 0.1) is 12.8 Å². The Morgan fingerprint density at radius 1 is 1.38 bits per heavy atom. The van der Waals surface area contributed by atoms with Gasteiger partial charge in [0.25, 0.3) is 0 Å². The summed E-state index contributed by atoms with van der Waals surface area (Å²) < 4.78 is 13.0. The predicted molar refractivity (Wildman–Crippen MR) is 119 cm³/mol. The van der Waals surface area contributed by atoms with Crippen molar-refractivity contribution < 1.29 is 9.47 Å². The Balaban J connectivity index is 0.000000941. The molecule has 29 heavy (non-hydrogen) atoms. The first-order valence-electron chi connectivity index (χ1n) is 9.81. The fourth-order valence-electron chi connectivity index (χ4n) is 3.17. The van der Waals surface area contributed by atoms with Crippen molar-refractivity contribution in [2.24, 2.45) is 12.0 Å². The average Bonchev–Trinajstić information content (AvgIpc) is 3.14. The van der Waals surface area contributed by atoms with Crippen LogP contribution in [-0.4, -0.2) is 35.7 Å². The Hall–Kier alpha value is -2.86. The standard InChI is InChI=1S/C20H26N4O2.C3H6/c1-14(2)22-19(20-21-9-10-24(20)3)23-16-5-6-17(18(13-16)25-4)15-7-11-26-12-8-15;1-3-2/h5-6,9-10,13,15H,1,7-8,11-12H2,2-4H3,(H,22,23);3H,1H2,2H3. The van der Waals surface area contributed by atoms with Crippen molar-refractivity contribution in [2.75, 3.05) is 20.3 Å². The quantitative estimate of drug-likeness (QED) is 0.451. The minimum Gasteiger partial charge on any atom is -0.496 e. The Morgan fingerprint density at radius 3 is 2.62 bits per heavy atom. The molecule has 0 bridgehead atoms. The molecule has 1 saturated heterocycles. The second-order valence-electron chi connectivity index (χ2n) is 6.95. The molecular formula is C23H32N4O2. The Bertz CT molecular complexity index is 848. The highest BCUT2D eigenvalue weighted by Crippen LogP contribution is 2.36. The number of aromatic nitrogens is 2. The molecule has 1 N–H and O–H groups in total. The third-order valence-corrected chi connectivity index (χ3v) is 4.48. The molecule has 0 saturated carbocycles. The number of rotatable bonds is 5. The van der Waals surface area contributed by atoms with Crippen molar-refractivity contribution >= 4 is 11.5 Å². The highest BCUT2D eigenvalue weighted by molar-refractivity contribution is 5.98. The minimum atomic E-state index is 0.472. The van der Waals surface area contributed by atoms with Crippen LogP contribution >= 0.6 is 0 Å². The molecule has 0 radical (unpaired) electrons. The molecule has 1 aromatic heterocycles. The van der Waals surface area contributed by atoms with E-state index >= 15 is 0 Å². The van der Waals surface area contributed by atoms with Gasteiger partial charge in [0, 0.05) is 44.4 Å². The van der Waals surface area contributed by atoms with Crippen LogP contribution in [0.2, 0.25) is 0 Å². The van der Waals surface area contributed by atoms with Crippen LogP contribution in [0.1, 0.15) is 44.0 Å². The van der Waals surface area contributed by atoms with E-state index in [1.807, 2.05) is 43.8 Å². The molecule has 0 atom stereocenters. The fraction of sp³-hybridized carbons (Fsp3) is 0.391. The normalized spacial score (nSPS) is 14.6. The number of aryl methyl sites for hydroxylation is 1. The van der Waals surface area contributed by atoms with Crippen molar-refractivity contribution in [3.8, 4) is 5.75 Å². The van der Waals surface area contributed by atoms with Gasteiger partial charge in [-0.05, 0) is 44.2 Å². The molecule has 6 heteroatoms. The van der Waals surface area contributed by atoms with Gasteiger partial charge in [-0.1, -0.05) is 18.7 Å². The third kappa shape index (κ3) is 6.32. The maximum absolute atomic E-state index is 5.65. The zero-order valence-corrected chi connectivity index (χ0v) is 17.9. The lowest BCUT2D eigenvalue weighted by Gasteiger charge is -2.24. The maximum Gasteiger partial charge on any atom is 0.175 e. The van der Waals surface area contributed by atoms with Gasteiger partial charge in [-0.3, -0.25) is 0 Å². The van der Waals surface area contributed by atoms with Crippen molar-refractivity contribution in [1.29, 1.82) is 0 Å². The second-order valence-corrected chi connectivity index (χ2v) is 6.95. The number of hydrogen-bond donors (Lipinski definition) is 1. The zero-order valence-electron chi connectivity index (χ0n) is 17.9. The van der Waals surface area contributed by atoms with Crippen LogP contribution in [-0.2, 0) is 11.8 Å². The van der Waals surface area contributed by atoms with E-state index in [1.54, 1.807) is 19.4 Å². The second kappa shape index (κ2) is 11.2. The first-order valence-corrected chi connectivity index (χ1v) is 9.81. The van der Waals surface area contributed by atoms with Gasteiger partial charge in [0.15, 0.2) is 11.7 Å². The van der Waals surface area contributed by atoms with Gasteiger partial charge in [-0.15, -0.1) is 6.58 Å². The van der Waals surface area contributed by atoms with E-state index in [4.69, 9.17) is 14.5 Å². The Kier molecular flexibility index (Phi) is 8.68. The summed E-state index contributed by atoms with van der Waals surface area (Å²) in [5.74, 6) is 2.75. The minimum absolute atomic E-state index is 0.472. The molecule has 156 valence electrons. The van der Waals surface area contributed by atoms with E-state index in [0.29, 0.717) is 11.8 Å². The van der Waals surface area contributed by atoms with E-state index in [0.717, 1.165) is 49.0 Å². The van der Waals surface area contributed by atoms with Crippen molar-refractivity contribution in [3.63, 3.8) is 0 Å². The molecule has 2 heterocycles. The lowest BCUT2D eigenvalue weighted by Crippen LogP contribution is -2.25. The van der Waals surface area contributed by atoms with Crippen LogP contribution < -0.4 is 10.1 Å². The van der Waals surface area contributed by atoms with Crippen LogP contribution in [0.25, 0.3) is 0 Å². The van der Waals surface area contributed by atoms with E-state index < -0.39 is 0 Å². The smallest absolute Gasteiger partial charge is 0.175 e. The summed E-state index contributed by atoms with van der Waals surface area (Å²) in [7, 11) is 3.64. The number of nitrogens with one attached hydrogen (secondary N) is 1. The summed E-state index contributed by atoms with van der Waals surface area (Å²) in [6.45, 7) is 12.7. The van der Waals surface area contributed by atoms with Gasteiger partial charge < -0.3 is 19.4 Å². The summed E-state index contributed by atoms with van der Waals surface area (Å²) in [6, 6.07) is 6.12. The van der Waals surface area contributed by atoms with Crippen LogP contribution in [0.5, 0.6) is 5.75 Å². The van der Waals surface area contributed by atoms with Gasteiger partial charge in [0.2, 0.25) is 0 Å². The highest BCUT2D eigenvalue weighted by Gasteiger charge is 2.20. The van der Waals surface area contributed by atoms with Crippen LogP contribution in [0, 0.1) is 0 Å². The van der Waals surface area contributed by atoms with E-state index in [-0.39, 0.29) is 0 Å². The topological polar surface area (TPSA) is 60.7 Å². The summed E-state index contributed by atoms with van der Waals surface area (Å²) >= 11 is 0. The van der Waals surface area contributed by atoms with E-state index in [9.17, 15) is 0 Å². The summed E-state index contributed by atoms with van der Waals surface area (Å²) in [4.78, 5) is 9.14. The number of aliphatic imine (C=N–C) groups is 1. The maximum atomic E-state index is 5.65. The van der Waals surface area contributed by atoms with Gasteiger partial charge in [-0.2, -0.15) is 0 Å². The van der Waals surface area contributed by atoms with Gasteiger partial charge in [0.1, 0.15) is 5.75 Å². The predicted octanol–water partition coefficient (Wildman–Crippen LogP) is 4.72. The molecular weight excluding hydrogens is 364 g/mol. The third-order valence-electron chi connectivity index (χ3n) is 4.48. The number of benzene rings is 1. The molecule has 1 aliphatic rings. The van der Waals surface area contributed by atoms with Crippen LogP contribution in [0.4, 0.5) is 5.69 Å². The largest absolute Gasteiger partial charge is 0.496 e. The molecule has 1 aromatic carbocycles. The number of allylic oxidation sites excluding steroid dienone is 2. The van der Waals surface area contributed by atoms with Crippen molar-refractivity contribution in [3.05, 3.63) is 66.9 Å². The molecule has 1 aliphatic heterocycles. The molecule has 0 spiro atoms. The molecule has 0 aliphatic carbocycles. The number of hydrogen-bond acceptors (Lipinski definition) is 4. The number of amidine groups is 1. The monoisotopic (exact) mass is 396 g/mol. The lowest BCUT2D eigenvalue weighted by atomic mass is 9.91. The number of nitrogens with zero attached hydrogens (tertiary/aromatic N) is 3. The number of methoxy groups -OCH3 is 1. The van der Waals surface area contributed by atoms with Crippen LogP contribution in [0.3, 0.4) is 0 Å². The highest BCUT2D eigenvalue weighted by atomic mass is 16.5. The molecule has 0 amide bonds. The summed E-state index contributed by atoms with van der Waals surface area (Å²) in [6.07, 6.45) is 7.43. The lowest BCUT2D eigenvalue weighted by molar-refractivity contribution is 0.0848. The molecule has 2 aromatic rings. The van der Waals surface area contributed by atoms with Crippen molar-refractivity contribution in [2.45, 2.75) is 32.6 Å². The SMILES string of the molecule is C=C(C)NC(=Nc1ccc(C2CCOCC2)c(OC)c1)c1nccn1C.C=CC. The fourth-order valence-corrected chi connectivity index (χ4v) is 3.17. The zero-order chi connectivity index (χ0) is 21.2. The summed E-state index contributed by atoms with van der Waals surface area (Å²) in [5, 5.41) is 3.20.